The lowest BCUT2D eigenvalue weighted by atomic mass is 10.1. The summed E-state index contributed by atoms with van der Waals surface area (Å²) < 4.78 is 23.2. The average Bonchev–Trinajstić information content (AvgIpc) is 2.86. The topological polar surface area (TPSA) is 97.5 Å². The molecule has 18 heavy (non-hydrogen) atoms. The fourth-order valence-electron chi connectivity index (χ4n) is 2.38. The Balaban J connectivity index is 2.49. The molecule has 0 saturated heterocycles. The van der Waals surface area contributed by atoms with Crippen LogP contribution in [0.25, 0.3) is 0 Å². The summed E-state index contributed by atoms with van der Waals surface area (Å²) in [4.78, 5) is 11.2. The Kier molecular flexibility index (Phi) is 2.92. The second-order valence-electron chi connectivity index (χ2n) is 4.52. The summed E-state index contributed by atoms with van der Waals surface area (Å²) in [5.74, 6) is -2.08. The van der Waals surface area contributed by atoms with E-state index in [9.17, 15) is 13.2 Å². The van der Waals surface area contributed by atoms with Gasteiger partial charge in [-0.15, -0.1) is 0 Å². The molecule has 0 amide bonds. The zero-order valence-electron chi connectivity index (χ0n) is 9.50. The SMILES string of the molecule is CS(=O)(=O)[C@H]1[C@@H](c2cccc(Cl)c2)[C@@]1(N)C(=O)O. The number of benzene rings is 1. The van der Waals surface area contributed by atoms with E-state index in [-0.39, 0.29) is 0 Å². The van der Waals surface area contributed by atoms with Gasteiger partial charge in [-0.2, -0.15) is 0 Å². The third kappa shape index (κ3) is 1.90. The first-order valence-electron chi connectivity index (χ1n) is 5.15. The molecular formula is C11H12ClNO4S. The third-order valence-corrected chi connectivity index (χ3v) is 5.04. The molecule has 0 bridgehead atoms. The molecule has 0 radical (unpaired) electrons. The lowest BCUT2D eigenvalue weighted by molar-refractivity contribution is -0.139. The minimum atomic E-state index is -3.54. The largest absolute Gasteiger partial charge is 0.480 e. The average molecular weight is 290 g/mol. The van der Waals surface area contributed by atoms with E-state index in [0.29, 0.717) is 10.6 Å². The summed E-state index contributed by atoms with van der Waals surface area (Å²) in [6.45, 7) is 0. The molecule has 0 aliphatic heterocycles. The number of sulfone groups is 1. The predicted molar refractivity (Wildman–Crippen MR) is 67.4 cm³/mol. The Hall–Kier alpha value is -1.11. The van der Waals surface area contributed by atoms with Gasteiger partial charge < -0.3 is 10.8 Å². The zero-order chi connectivity index (χ0) is 13.7. The highest BCUT2D eigenvalue weighted by atomic mass is 35.5. The van der Waals surface area contributed by atoms with E-state index >= 15 is 0 Å². The molecule has 7 heteroatoms. The van der Waals surface area contributed by atoms with Crippen LogP contribution in [0.4, 0.5) is 0 Å². The molecule has 0 heterocycles. The second kappa shape index (κ2) is 3.94. The first-order valence-corrected chi connectivity index (χ1v) is 7.49. The summed E-state index contributed by atoms with van der Waals surface area (Å²) in [5.41, 5.74) is 4.49. The molecule has 1 aliphatic rings. The van der Waals surface area contributed by atoms with Crippen LogP contribution < -0.4 is 5.73 Å². The number of hydrogen-bond donors (Lipinski definition) is 2. The van der Waals surface area contributed by atoms with Gasteiger partial charge in [-0.25, -0.2) is 8.42 Å². The number of carbonyl (C=O) groups is 1. The smallest absolute Gasteiger partial charge is 0.325 e. The second-order valence-corrected chi connectivity index (χ2v) is 7.12. The third-order valence-electron chi connectivity index (χ3n) is 3.22. The maximum atomic E-state index is 11.6. The number of hydrogen-bond acceptors (Lipinski definition) is 4. The molecule has 5 nitrogen and oxygen atoms in total. The van der Waals surface area contributed by atoms with Crippen LogP contribution in [0.5, 0.6) is 0 Å². The van der Waals surface area contributed by atoms with Gasteiger partial charge in [-0.05, 0) is 17.7 Å². The quantitative estimate of drug-likeness (QED) is 0.851. The predicted octanol–water partition coefficient (Wildman–Crippen LogP) is 0.633. The standard InChI is InChI=1S/C11H12ClNO4S/c1-18(16,17)9-8(11(9,13)10(14)15)6-3-2-4-7(12)5-6/h2-5,8-9H,13H2,1H3,(H,14,15)/t8-,9+,11+/m1/s1. The number of carboxylic acid groups (broad SMARTS) is 1. The van der Waals surface area contributed by atoms with Gasteiger partial charge >= 0.3 is 5.97 Å². The summed E-state index contributed by atoms with van der Waals surface area (Å²) >= 11 is 5.81. The molecule has 0 spiro atoms. The number of nitrogens with two attached hydrogens (primary N) is 1. The number of rotatable bonds is 3. The highest BCUT2D eigenvalue weighted by molar-refractivity contribution is 7.91. The Labute approximate surface area is 109 Å². The van der Waals surface area contributed by atoms with Crippen LogP contribution in [-0.2, 0) is 14.6 Å². The molecule has 3 atom stereocenters. The number of halogens is 1. The van der Waals surface area contributed by atoms with Crippen LogP contribution >= 0.6 is 11.6 Å². The highest BCUT2D eigenvalue weighted by Crippen LogP contribution is 2.54. The van der Waals surface area contributed by atoms with E-state index < -0.39 is 32.5 Å². The van der Waals surface area contributed by atoms with E-state index in [2.05, 4.69) is 0 Å². The van der Waals surface area contributed by atoms with Gasteiger partial charge in [0.2, 0.25) is 0 Å². The van der Waals surface area contributed by atoms with Crippen molar-refractivity contribution in [1.29, 1.82) is 0 Å². The van der Waals surface area contributed by atoms with Crippen molar-refractivity contribution in [3.63, 3.8) is 0 Å². The van der Waals surface area contributed by atoms with E-state index in [4.69, 9.17) is 22.4 Å². The van der Waals surface area contributed by atoms with Crippen molar-refractivity contribution in [2.45, 2.75) is 16.7 Å². The zero-order valence-corrected chi connectivity index (χ0v) is 11.1. The number of carboxylic acids is 1. The summed E-state index contributed by atoms with van der Waals surface area (Å²) in [6, 6.07) is 6.44. The molecule has 1 fully saturated rings. The van der Waals surface area contributed by atoms with Crippen molar-refractivity contribution < 1.29 is 18.3 Å². The lowest BCUT2D eigenvalue weighted by Gasteiger charge is -2.04. The van der Waals surface area contributed by atoms with Crippen molar-refractivity contribution in [3.8, 4) is 0 Å². The minimum absolute atomic E-state index is 0.416. The molecule has 1 aromatic carbocycles. The number of aliphatic carboxylic acids is 1. The van der Waals surface area contributed by atoms with E-state index in [1.54, 1.807) is 24.3 Å². The van der Waals surface area contributed by atoms with Crippen LogP contribution in [0.1, 0.15) is 11.5 Å². The monoisotopic (exact) mass is 289 g/mol. The molecule has 1 saturated carbocycles. The maximum Gasteiger partial charge on any atom is 0.325 e. The Morgan fingerprint density at radius 2 is 2.11 bits per heavy atom. The first kappa shape index (κ1) is 13.3. The van der Waals surface area contributed by atoms with Gasteiger partial charge in [-0.1, -0.05) is 23.7 Å². The summed E-state index contributed by atoms with van der Waals surface area (Å²) in [7, 11) is -3.54. The van der Waals surface area contributed by atoms with Crippen LogP contribution in [-0.4, -0.2) is 36.5 Å². The Morgan fingerprint density at radius 3 is 2.50 bits per heavy atom. The van der Waals surface area contributed by atoms with Gasteiger partial charge in [-0.3, -0.25) is 4.79 Å². The van der Waals surface area contributed by atoms with Crippen LogP contribution in [0.15, 0.2) is 24.3 Å². The van der Waals surface area contributed by atoms with Crippen molar-refractivity contribution in [1.82, 2.24) is 0 Å². The van der Waals surface area contributed by atoms with E-state index in [1.807, 2.05) is 0 Å². The van der Waals surface area contributed by atoms with Gasteiger partial charge in [0, 0.05) is 17.2 Å². The molecule has 2 rings (SSSR count). The van der Waals surface area contributed by atoms with E-state index in [0.717, 1.165) is 6.26 Å². The minimum Gasteiger partial charge on any atom is -0.480 e. The van der Waals surface area contributed by atoms with Gasteiger partial charge in [0.05, 0.1) is 5.25 Å². The lowest BCUT2D eigenvalue weighted by Crippen LogP contribution is -2.39. The van der Waals surface area contributed by atoms with Crippen molar-refractivity contribution in [3.05, 3.63) is 34.9 Å². The molecule has 3 N–H and O–H groups in total. The van der Waals surface area contributed by atoms with Crippen molar-refractivity contribution in [2.24, 2.45) is 5.73 Å². The Morgan fingerprint density at radius 1 is 1.50 bits per heavy atom. The molecule has 1 aliphatic carbocycles. The molecular weight excluding hydrogens is 278 g/mol. The molecule has 98 valence electrons. The van der Waals surface area contributed by atoms with Gasteiger partial charge in [0.15, 0.2) is 9.84 Å². The Bertz CT molecular complexity index is 615. The van der Waals surface area contributed by atoms with E-state index in [1.165, 1.54) is 0 Å². The van der Waals surface area contributed by atoms with Crippen LogP contribution in [0.2, 0.25) is 5.02 Å². The normalized spacial score (nSPS) is 31.1. The molecule has 0 unspecified atom stereocenters. The molecule has 0 aromatic heterocycles. The van der Waals surface area contributed by atoms with Crippen molar-refractivity contribution in [2.75, 3.05) is 6.26 Å². The van der Waals surface area contributed by atoms with Gasteiger partial charge in [0.25, 0.3) is 0 Å². The van der Waals surface area contributed by atoms with Crippen LogP contribution in [0.3, 0.4) is 0 Å². The highest BCUT2D eigenvalue weighted by Gasteiger charge is 2.73. The fraction of sp³-hybridized carbons (Fsp3) is 0.364. The van der Waals surface area contributed by atoms with Gasteiger partial charge in [0.1, 0.15) is 5.54 Å². The first-order chi connectivity index (χ1) is 8.19. The fourth-order valence-corrected chi connectivity index (χ4v) is 4.33. The summed E-state index contributed by atoms with van der Waals surface area (Å²) in [6.07, 6.45) is 0.993. The van der Waals surface area contributed by atoms with Crippen LogP contribution in [0, 0.1) is 0 Å². The summed E-state index contributed by atoms with van der Waals surface area (Å²) in [5, 5.41) is 8.43. The molecule has 1 aromatic rings. The van der Waals surface area contributed by atoms with Crippen molar-refractivity contribution >= 4 is 27.4 Å². The maximum absolute atomic E-state index is 11.6.